The number of fused-ring (bicyclic) bond motifs is 1. The molecule has 1 nitrogen and oxygen atoms in total. The van der Waals surface area contributed by atoms with Crippen LogP contribution in [0.25, 0.3) is 0 Å². The average Bonchev–Trinajstić information content (AvgIpc) is 2.32. The molecule has 58 valence electrons. The van der Waals surface area contributed by atoms with Gasteiger partial charge in [-0.1, -0.05) is 13.8 Å². The summed E-state index contributed by atoms with van der Waals surface area (Å²) >= 11 is 0. The van der Waals surface area contributed by atoms with Crippen molar-refractivity contribution >= 4 is 0 Å². The van der Waals surface area contributed by atoms with Gasteiger partial charge in [0.25, 0.3) is 0 Å². The van der Waals surface area contributed by atoms with Crippen molar-refractivity contribution in [3.8, 4) is 5.75 Å². The van der Waals surface area contributed by atoms with Crippen LogP contribution in [0.3, 0.4) is 0 Å². The molecule has 0 fully saturated rings. The van der Waals surface area contributed by atoms with Crippen LogP contribution < -0.4 is 23.6 Å². The Hall–Kier alpha value is -0.383. The second kappa shape index (κ2) is 3.56. The average molecular weight is 154 g/mol. The monoisotopic (exact) mass is 154 g/mol. The first kappa shape index (κ1) is 9.70. The van der Waals surface area contributed by atoms with Crippen molar-refractivity contribution in [3.05, 3.63) is 29.3 Å². The molecule has 0 saturated heterocycles. The number of rotatable bonds is 0. The Morgan fingerprint density at radius 2 is 2.33 bits per heavy atom. The van der Waals surface area contributed by atoms with Crippen LogP contribution in [-0.2, 0) is 0 Å². The molecule has 0 bridgehead atoms. The van der Waals surface area contributed by atoms with E-state index >= 15 is 0 Å². The van der Waals surface area contributed by atoms with Gasteiger partial charge in [0.2, 0.25) is 0 Å². The third-order valence-corrected chi connectivity index (χ3v) is 2.11. The minimum absolute atomic E-state index is 0. The van der Waals surface area contributed by atoms with Crippen molar-refractivity contribution in [2.75, 3.05) is 6.61 Å². The zero-order valence-corrected chi connectivity index (χ0v) is 7.85. The largest absolute Gasteiger partial charge is 1.00 e. The fourth-order valence-corrected chi connectivity index (χ4v) is 1.40. The van der Waals surface area contributed by atoms with Crippen LogP contribution in [0.15, 0.2) is 12.1 Å². The fraction of sp³-hybridized carbons (Fsp3) is 0.400. The standard InChI is InChI=1S/C10H11O.Li/c1-7-3-4-9-8(2)6-11-10(9)5-7;/h4-5,8H,6H2,1-2H3;/q-1;+1/t8-;/m1./s1. The Kier molecular flexibility index (Phi) is 2.88. The molecule has 1 aliphatic rings. The normalized spacial score (nSPS) is 19.3. The van der Waals surface area contributed by atoms with E-state index in [1.165, 1.54) is 5.56 Å². The van der Waals surface area contributed by atoms with Gasteiger partial charge in [-0.05, 0) is 5.92 Å². The minimum Gasteiger partial charge on any atom is -0.519 e. The summed E-state index contributed by atoms with van der Waals surface area (Å²) in [5.74, 6) is 1.59. The number of hydrogen-bond donors (Lipinski definition) is 0. The molecule has 0 radical (unpaired) electrons. The summed E-state index contributed by atoms with van der Waals surface area (Å²) in [5.41, 5.74) is 2.45. The first-order valence-electron chi connectivity index (χ1n) is 3.92. The van der Waals surface area contributed by atoms with Gasteiger partial charge in [0, 0.05) is 5.75 Å². The maximum atomic E-state index is 5.47. The summed E-state index contributed by atoms with van der Waals surface area (Å²) in [4.78, 5) is 0. The Labute approximate surface area is 85.3 Å². The second-order valence-corrected chi connectivity index (χ2v) is 3.15. The van der Waals surface area contributed by atoms with E-state index in [4.69, 9.17) is 4.74 Å². The smallest absolute Gasteiger partial charge is 0.519 e. The Morgan fingerprint density at radius 3 is 3.08 bits per heavy atom. The molecule has 1 heterocycles. The maximum Gasteiger partial charge on any atom is 1.00 e. The first-order chi connectivity index (χ1) is 5.27. The van der Waals surface area contributed by atoms with Gasteiger partial charge in [0.15, 0.2) is 0 Å². The van der Waals surface area contributed by atoms with E-state index in [0.717, 1.165) is 17.9 Å². The van der Waals surface area contributed by atoms with E-state index in [1.54, 1.807) is 0 Å². The number of hydrogen-bond acceptors (Lipinski definition) is 1. The van der Waals surface area contributed by atoms with E-state index in [1.807, 2.05) is 13.0 Å². The van der Waals surface area contributed by atoms with Crippen molar-refractivity contribution in [1.29, 1.82) is 0 Å². The van der Waals surface area contributed by atoms with Gasteiger partial charge in [-0.2, -0.15) is 17.7 Å². The quantitative estimate of drug-likeness (QED) is 0.354. The van der Waals surface area contributed by atoms with Crippen LogP contribution >= 0.6 is 0 Å². The molecule has 1 atom stereocenters. The van der Waals surface area contributed by atoms with Gasteiger partial charge in [-0.3, -0.25) is 0 Å². The third-order valence-electron chi connectivity index (χ3n) is 2.11. The van der Waals surface area contributed by atoms with E-state index in [2.05, 4.69) is 19.1 Å². The van der Waals surface area contributed by atoms with Crippen molar-refractivity contribution in [2.45, 2.75) is 19.8 Å². The summed E-state index contributed by atoms with van der Waals surface area (Å²) in [6.45, 7) is 5.04. The van der Waals surface area contributed by atoms with Crippen molar-refractivity contribution in [1.82, 2.24) is 0 Å². The van der Waals surface area contributed by atoms with Crippen molar-refractivity contribution < 1.29 is 23.6 Å². The number of benzene rings is 1. The minimum atomic E-state index is 0. The van der Waals surface area contributed by atoms with Crippen LogP contribution in [0, 0.1) is 13.0 Å². The molecule has 0 N–H and O–H groups in total. The van der Waals surface area contributed by atoms with Gasteiger partial charge in [0.1, 0.15) is 0 Å². The summed E-state index contributed by atoms with van der Waals surface area (Å²) in [5, 5.41) is 0. The predicted octanol–water partition coefficient (Wildman–Crippen LogP) is -0.705. The molecule has 1 aromatic carbocycles. The Morgan fingerprint density at radius 1 is 1.58 bits per heavy atom. The van der Waals surface area contributed by atoms with E-state index in [0.29, 0.717) is 5.92 Å². The van der Waals surface area contributed by atoms with Gasteiger partial charge in [-0.25, -0.2) is 0 Å². The number of aryl methyl sites for hydroxylation is 1. The molecular weight excluding hydrogens is 143 g/mol. The molecule has 0 unspecified atom stereocenters. The van der Waals surface area contributed by atoms with Gasteiger partial charge < -0.3 is 4.74 Å². The second-order valence-electron chi connectivity index (χ2n) is 3.15. The molecular formula is C10H11LiO. The van der Waals surface area contributed by atoms with Crippen molar-refractivity contribution in [2.24, 2.45) is 0 Å². The fourth-order valence-electron chi connectivity index (χ4n) is 1.40. The maximum absolute atomic E-state index is 5.47. The van der Waals surface area contributed by atoms with Crippen LogP contribution in [0.1, 0.15) is 24.0 Å². The summed E-state index contributed by atoms with van der Waals surface area (Å²) in [6, 6.07) is 7.28. The zero-order chi connectivity index (χ0) is 7.84. The summed E-state index contributed by atoms with van der Waals surface area (Å²) < 4.78 is 5.47. The van der Waals surface area contributed by atoms with Crippen LogP contribution in [0.5, 0.6) is 5.75 Å². The molecule has 0 aliphatic carbocycles. The Bertz CT molecular complexity index is 283. The third kappa shape index (κ3) is 1.53. The number of ether oxygens (including phenoxy) is 1. The topological polar surface area (TPSA) is 9.23 Å². The molecule has 2 rings (SSSR count). The predicted molar refractivity (Wildman–Crippen MR) is 43.9 cm³/mol. The molecule has 0 aromatic heterocycles. The zero-order valence-electron chi connectivity index (χ0n) is 7.85. The van der Waals surface area contributed by atoms with E-state index in [9.17, 15) is 0 Å². The van der Waals surface area contributed by atoms with Crippen LogP contribution in [0.4, 0.5) is 0 Å². The molecule has 2 heteroatoms. The van der Waals surface area contributed by atoms with Gasteiger partial charge in [-0.15, -0.1) is 11.6 Å². The first-order valence-corrected chi connectivity index (χ1v) is 3.92. The van der Waals surface area contributed by atoms with Gasteiger partial charge in [0.05, 0.1) is 6.61 Å². The van der Waals surface area contributed by atoms with E-state index in [-0.39, 0.29) is 18.9 Å². The molecule has 0 amide bonds. The molecule has 0 saturated carbocycles. The van der Waals surface area contributed by atoms with Crippen molar-refractivity contribution in [3.63, 3.8) is 0 Å². The molecule has 12 heavy (non-hydrogen) atoms. The molecule has 0 spiro atoms. The van der Waals surface area contributed by atoms with Gasteiger partial charge >= 0.3 is 18.9 Å². The summed E-state index contributed by atoms with van der Waals surface area (Å²) in [6.07, 6.45) is 0. The van der Waals surface area contributed by atoms with Crippen LogP contribution in [-0.4, -0.2) is 6.61 Å². The molecule has 1 aliphatic heterocycles. The SMILES string of the molecule is Cc1[c-]cc2c(c1)OC[C@H]2C.[Li+]. The summed E-state index contributed by atoms with van der Waals surface area (Å²) in [7, 11) is 0. The van der Waals surface area contributed by atoms with Crippen LogP contribution in [0.2, 0.25) is 0 Å². The van der Waals surface area contributed by atoms with E-state index < -0.39 is 0 Å². The molecule has 1 aromatic rings. The Balaban J connectivity index is 0.000000720.